The molecule has 0 aliphatic rings. The average Bonchev–Trinajstić information content (AvgIpc) is 2.32. The van der Waals surface area contributed by atoms with E-state index in [2.05, 4.69) is 5.32 Å². The van der Waals surface area contributed by atoms with E-state index in [4.69, 9.17) is 4.74 Å². The highest BCUT2D eigenvalue weighted by Crippen LogP contribution is 2.14. The van der Waals surface area contributed by atoms with Crippen molar-refractivity contribution in [2.75, 3.05) is 13.7 Å². The average molecular weight is 261 g/mol. The van der Waals surface area contributed by atoms with Crippen LogP contribution in [0.3, 0.4) is 0 Å². The van der Waals surface area contributed by atoms with Crippen LogP contribution in [-0.2, 0) is 4.74 Å². The minimum absolute atomic E-state index is 0.156. The number of nitrogens with one attached hydrogen (secondary N) is 1. The molecule has 0 atom stereocenters. The summed E-state index contributed by atoms with van der Waals surface area (Å²) in [4.78, 5) is 11.6. The summed E-state index contributed by atoms with van der Waals surface area (Å²) in [5, 5.41) is 2.44. The molecule has 1 rings (SSSR count). The fourth-order valence-corrected chi connectivity index (χ4v) is 1.15. The van der Waals surface area contributed by atoms with Crippen molar-refractivity contribution < 1.29 is 22.7 Å². The molecule has 0 spiro atoms. The van der Waals surface area contributed by atoms with E-state index in [-0.39, 0.29) is 12.1 Å². The predicted octanol–water partition coefficient (Wildman–Crippen LogP) is 2.26. The normalized spacial score (nSPS) is 11.4. The van der Waals surface area contributed by atoms with Crippen LogP contribution in [0.2, 0.25) is 0 Å². The molecule has 0 saturated heterocycles. The Bertz CT molecular complexity index is 438. The summed E-state index contributed by atoms with van der Waals surface area (Å²) in [6.45, 7) is 3.63. The van der Waals surface area contributed by atoms with Crippen molar-refractivity contribution in [3.8, 4) is 0 Å². The van der Waals surface area contributed by atoms with Gasteiger partial charge >= 0.3 is 0 Å². The monoisotopic (exact) mass is 261 g/mol. The molecule has 0 bridgehead atoms. The van der Waals surface area contributed by atoms with Crippen LogP contribution in [0.25, 0.3) is 0 Å². The second kappa shape index (κ2) is 5.39. The minimum atomic E-state index is -1.59. The molecule has 0 saturated carbocycles. The zero-order chi connectivity index (χ0) is 13.9. The van der Waals surface area contributed by atoms with Gasteiger partial charge in [0.05, 0.1) is 5.60 Å². The van der Waals surface area contributed by atoms with Crippen LogP contribution in [-0.4, -0.2) is 25.2 Å². The van der Waals surface area contributed by atoms with Crippen LogP contribution in [0.4, 0.5) is 13.2 Å². The molecule has 6 heteroatoms. The maximum absolute atomic E-state index is 12.9. The van der Waals surface area contributed by atoms with Crippen molar-refractivity contribution in [1.29, 1.82) is 0 Å². The molecule has 18 heavy (non-hydrogen) atoms. The number of halogens is 3. The van der Waals surface area contributed by atoms with Gasteiger partial charge in [0, 0.05) is 19.2 Å². The zero-order valence-corrected chi connectivity index (χ0v) is 10.3. The highest BCUT2D eigenvalue weighted by atomic mass is 19.2. The first kappa shape index (κ1) is 14.5. The van der Waals surface area contributed by atoms with Gasteiger partial charge in [-0.2, -0.15) is 0 Å². The number of carbonyl (C=O) groups is 1. The Kier molecular flexibility index (Phi) is 4.34. The third kappa shape index (κ3) is 3.46. The van der Waals surface area contributed by atoms with Gasteiger partial charge in [-0.05, 0) is 26.0 Å². The lowest BCUT2D eigenvalue weighted by atomic mass is 10.1. The Balaban J connectivity index is 2.80. The van der Waals surface area contributed by atoms with Gasteiger partial charge in [0.25, 0.3) is 5.91 Å². The van der Waals surface area contributed by atoms with Gasteiger partial charge in [-0.15, -0.1) is 0 Å². The molecule has 0 heterocycles. The fourth-order valence-electron chi connectivity index (χ4n) is 1.15. The van der Waals surface area contributed by atoms with E-state index < -0.39 is 29.0 Å². The summed E-state index contributed by atoms with van der Waals surface area (Å²) < 4.78 is 43.6. The summed E-state index contributed by atoms with van der Waals surface area (Å²) in [5.41, 5.74) is -0.884. The molecule has 3 nitrogen and oxygen atoms in total. The van der Waals surface area contributed by atoms with Crippen molar-refractivity contribution in [2.24, 2.45) is 0 Å². The predicted molar refractivity (Wildman–Crippen MR) is 59.7 cm³/mol. The first-order chi connectivity index (χ1) is 8.26. The third-order valence-corrected chi connectivity index (χ3v) is 2.47. The molecule has 1 N–H and O–H groups in total. The Morgan fingerprint density at radius 3 is 2.22 bits per heavy atom. The SMILES string of the molecule is COC(C)(C)CNC(=O)c1cc(F)c(F)c(F)c1. The van der Waals surface area contributed by atoms with Crippen LogP contribution in [0, 0.1) is 17.5 Å². The summed E-state index contributed by atoms with van der Waals surface area (Å²) in [7, 11) is 1.48. The number of carbonyl (C=O) groups excluding carboxylic acids is 1. The summed E-state index contributed by atoms with van der Waals surface area (Å²) in [5.74, 6) is -5.08. The molecule has 1 aromatic carbocycles. The lowest BCUT2D eigenvalue weighted by Gasteiger charge is -2.23. The molecule has 1 aromatic rings. The van der Waals surface area contributed by atoms with E-state index in [0.717, 1.165) is 0 Å². The molecule has 0 aliphatic heterocycles. The Morgan fingerprint density at radius 2 is 1.78 bits per heavy atom. The largest absolute Gasteiger partial charge is 0.377 e. The topological polar surface area (TPSA) is 38.3 Å². The second-order valence-corrected chi connectivity index (χ2v) is 4.40. The minimum Gasteiger partial charge on any atom is -0.377 e. The molecule has 100 valence electrons. The highest BCUT2D eigenvalue weighted by molar-refractivity contribution is 5.94. The lowest BCUT2D eigenvalue weighted by Crippen LogP contribution is -2.39. The number of methoxy groups -OCH3 is 1. The van der Waals surface area contributed by atoms with E-state index in [1.165, 1.54) is 7.11 Å². The summed E-state index contributed by atoms with van der Waals surface area (Å²) in [6, 6.07) is 1.29. The van der Waals surface area contributed by atoms with Crippen LogP contribution in [0.5, 0.6) is 0 Å². The quantitative estimate of drug-likeness (QED) is 0.844. The van der Waals surface area contributed by atoms with E-state index in [1.54, 1.807) is 13.8 Å². The lowest BCUT2D eigenvalue weighted by molar-refractivity contribution is 0.0228. The van der Waals surface area contributed by atoms with Gasteiger partial charge in [-0.3, -0.25) is 4.79 Å². The number of hydrogen-bond donors (Lipinski definition) is 1. The number of benzene rings is 1. The smallest absolute Gasteiger partial charge is 0.251 e. The van der Waals surface area contributed by atoms with Crippen molar-refractivity contribution in [3.63, 3.8) is 0 Å². The van der Waals surface area contributed by atoms with Gasteiger partial charge < -0.3 is 10.1 Å². The Labute approximate surface area is 103 Å². The molecular formula is C12H14F3NO2. The van der Waals surface area contributed by atoms with Crippen molar-refractivity contribution in [3.05, 3.63) is 35.1 Å². The highest BCUT2D eigenvalue weighted by Gasteiger charge is 2.19. The van der Waals surface area contributed by atoms with Crippen molar-refractivity contribution in [1.82, 2.24) is 5.32 Å². The number of ether oxygens (including phenoxy) is 1. The molecule has 0 fully saturated rings. The van der Waals surface area contributed by atoms with Gasteiger partial charge in [-0.25, -0.2) is 13.2 Å². The van der Waals surface area contributed by atoms with E-state index >= 15 is 0 Å². The van der Waals surface area contributed by atoms with E-state index in [0.29, 0.717) is 12.1 Å². The molecule has 0 aliphatic carbocycles. The van der Waals surface area contributed by atoms with Crippen LogP contribution >= 0.6 is 0 Å². The second-order valence-electron chi connectivity index (χ2n) is 4.40. The molecule has 1 amide bonds. The maximum Gasteiger partial charge on any atom is 0.251 e. The van der Waals surface area contributed by atoms with Gasteiger partial charge in [-0.1, -0.05) is 0 Å². The third-order valence-electron chi connectivity index (χ3n) is 2.47. The standard InChI is InChI=1S/C12H14F3NO2/c1-12(2,18-3)6-16-11(17)7-4-8(13)10(15)9(14)5-7/h4-5H,6H2,1-3H3,(H,16,17). The summed E-state index contributed by atoms with van der Waals surface area (Å²) >= 11 is 0. The van der Waals surface area contributed by atoms with E-state index in [1.807, 2.05) is 0 Å². The van der Waals surface area contributed by atoms with Gasteiger partial charge in [0.1, 0.15) is 0 Å². The van der Waals surface area contributed by atoms with Crippen molar-refractivity contribution in [2.45, 2.75) is 19.4 Å². The molecule has 0 unspecified atom stereocenters. The zero-order valence-electron chi connectivity index (χ0n) is 10.3. The fraction of sp³-hybridized carbons (Fsp3) is 0.417. The van der Waals surface area contributed by atoms with Crippen LogP contribution in [0.1, 0.15) is 24.2 Å². The van der Waals surface area contributed by atoms with Crippen molar-refractivity contribution >= 4 is 5.91 Å². The van der Waals surface area contributed by atoms with Gasteiger partial charge in [0.15, 0.2) is 17.5 Å². The Morgan fingerprint density at radius 1 is 1.28 bits per heavy atom. The molecule has 0 aromatic heterocycles. The number of hydrogen-bond acceptors (Lipinski definition) is 2. The Hall–Kier alpha value is -1.56. The maximum atomic E-state index is 12.9. The number of amides is 1. The molecular weight excluding hydrogens is 247 g/mol. The van der Waals surface area contributed by atoms with E-state index in [9.17, 15) is 18.0 Å². The summed E-state index contributed by atoms with van der Waals surface area (Å²) in [6.07, 6.45) is 0. The van der Waals surface area contributed by atoms with Crippen LogP contribution in [0.15, 0.2) is 12.1 Å². The molecule has 0 radical (unpaired) electrons. The first-order valence-corrected chi connectivity index (χ1v) is 5.25. The number of rotatable bonds is 4. The van der Waals surface area contributed by atoms with Crippen LogP contribution < -0.4 is 5.32 Å². The van der Waals surface area contributed by atoms with Gasteiger partial charge in [0.2, 0.25) is 0 Å². The first-order valence-electron chi connectivity index (χ1n) is 5.25.